The second kappa shape index (κ2) is 7.12. The quantitative estimate of drug-likeness (QED) is 0.598. The number of carbonyl (C=O) groups is 1. The number of ether oxygens (including phenoxy) is 2. The molecule has 1 N–H and O–H groups in total. The number of fused-ring (bicyclic) bond motifs is 4. The highest BCUT2D eigenvalue weighted by atomic mass is 16.7. The van der Waals surface area contributed by atoms with E-state index in [1.807, 2.05) is 6.92 Å². The summed E-state index contributed by atoms with van der Waals surface area (Å²) >= 11 is 0. The molecule has 196 valence electrons. The molecule has 0 aromatic rings. The van der Waals surface area contributed by atoms with Crippen LogP contribution in [0.1, 0.15) is 98.8 Å². The summed E-state index contributed by atoms with van der Waals surface area (Å²) < 4.78 is 12.4. The minimum atomic E-state index is -0.529. The highest BCUT2D eigenvalue weighted by Gasteiger charge is 2.81. The SMILES string of the molecule is CC(C)C1CCC2(C)C3C[C@@H](O)[C@]45CCC[C@H]4C2(CCC(=O)C2(C)COC4(C)CCC2O4)C1N5C3. The molecule has 2 saturated carbocycles. The van der Waals surface area contributed by atoms with Gasteiger partial charge in [-0.3, -0.25) is 9.69 Å². The van der Waals surface area contributed by atoms with Crippen LogP contribution in [0.25, 0.3) is 0 Å². The number of ketones is 1. The third-order valence-corrected chi connectivity index (χ3v) is 13.5. The van der Waals surface area contributed by atoms with E-state index < -0.39 is 11.2 Å². The van der Waals surface area contributed by atoms with Crippen LogP contribution >= 0.6 is 0 Å². The van der Waals surface area contributed by atoms with Crippen LogP contribution in [0, 0.1) is 39.9 Å². The van der Waals surface area contributed by atoms with Crippen molar-refractivity contribution in [1.29, 1.82) is 0 Å². The standard InChI is InChI=1S/C30H47NO4/c1-18(2)20-8-12-27(4)19-15-23(33)30-11-6-7-21(30)29(27,25(20)31(30)16-19)14-9-22(32)26(3)17-34-28(5)13-10-24(26)35-28/h18-21,23-25,33H,6-17H2,1-5H3/t19?,20?,21-,23+,24?,25?,26?,27?,28?,29?,30-/m0/s1. The fourth-order valence-electron chi connectivity index (χ4n) is 11.6. The summed E-state index contributed by atoms with van der Waals surface area (Å²) in [5, 5.41) is 11.7. The first kappa shape index (κ1) is 23.6. The monoisotopic (exact) mass is 485 g/mol. The largest absolute Gasteiger partial charge is 0.391 e. The Balaban J connectivity index is 1.27. The average molecular weight is 486 g/mol. The molecular weight excluding hydrogens is 438 g/mol. The first-order chi connectivity index (χ1) is 16.5. The summed E-state index contributed by atoms with van der Waals surface area (Å²) in [5.41, 5.74) is -0.198. The van der Waals surface area contributed by atoms with Gasteiger partial charge >= 0.3 is 0 Å². The topological polar surface area (TPSA) is 59.0 Å². The van der Waals surface area contributed by atoms with Crippen molar-refractivity contribution < 1.29 is 19.4 Å². The van der Waals surface area contributed by atoms with E-state index in [-0.39, 0.29) is 28.6 Å². The molecule has 7 aliphatic rings. The fraction of sp³-hybridized carbons (Fsp3) is 0.967. The van der Waals surface area contributed by atoms with E-state index in [9.17, 15) is 9.90 Å². The second-order valence-electron chi connectivity index (χ2n) is 14.8. The van der Waals surface area contributed by atoms with E-state index >= 15 is 0 Å². The van der Waals surface area contributed by atoms with E-state index in [1.165, 1.54) is 32.2 Å². The molecule has 1 spiro atoms. The van der Waals surface area contributed by atoms with Crippen LogP contribution in [0.15, 0.2) is 0 Å². The Kier molecular flexibility index (Phi) is 4.81. The third-order valence-electron chi connectivity index (χ3n) is 13.5. The maximum atomic E-state index is 14.1. The number of aliphatic hydroxyl groups is 1. The van der Waals surface area contributed by atoms with Crippen LogP contribution < -0.4 is 0 Å². The minimum Gasteiger partial charge on any atom is -0.391 e. The number of aliphatic hydroxyl groups excluding tert-OH is 1. The summed E-state index contributed by atoms with van der Waals surface area (Å²) in [6, 6.07) is 0.520. The van der Waals surface area contributed by atoms with Gasteiger partial charge in [0.25, 0.3) is 0 Å². The third kappa shape index (κ3) is 2.58. The van der Waals surface area contributed by atoms with E-state index in [2.05, 4.69) is 32.6 Å². The van der Waals surface area contributed by atoms with E-state index in [0.29, 0.717) is 48.5 Å². The van der Waals surface area contributed by atoms with Crippen molar-refractivity contribution in [2.45, 2.75) is 128 Å². The highest BCUT2D eigenvalue weighted by Crippen LogP contribution is 2.79. The predicted molar refractivity (Wildman–Crippen MR) is 134 cm³/mol. The Hall–Kier alpha value is -0.490. The number of hydrogen-bond acceptors (Lipinski definition) is 5. The first-order valence-corrected chi connectivity index (χ1v) is 14.8. The van der Waals surface area contributed by atoms with Crippen molar-refractivity contribution in [2.75, 3.05) is 13.2 Å². The molecule has 0 aromatic heterocycles. The van der Waals surface area contributed by atoms with Crippen LogP contribution in [0.3, 0.4) is 0 Å². The number of carbonyl (C=O) groups excluding carboxylic acids is 1. The molecule has 5 aliphatic heterocycles. The predicted octanol–water partition coefficient (Wildman–Crippen LogP) is 4.94. The molecule has 35 heavy (non-hydrogen) atoms. The number of Topliss-reactive ketones (excluding diaryl/α,β-unsaturated/α-hetero) is 1. The molecule has 0 radical (unpaired) electrons. The van der Waals surface area contributed by atoms with Crippen LogP contribution in [0.5, 0.6) is 0 Å². The van der Waals surface area contributed by atoms with E-state index in [0.717, 1.165) is 32.1 Å². The fourth-order valence-corrected chi connectivity index (χ4v) is 11.6. The first-order valence-electron chi connectivity index (χ1n) is 14.8. The van der Waals surface area contributed by atoms with E-state index in [1.54, 1.807) is 0 Å². The Bertz CT molecular complexity index is 937. The Morgan fingerprint density at radius 3 is 2.69 bits per heavy atom. The van der Waals surface area contributed by atoms with Crippen molar-refractivity contribution in [2.24, 2.45) is 39.9 Å². The molecule has 2 aliphatic carbocycles. The smallest absolute Gasteiger partial charge is 0.166 e. The van der Waals surface area contributed by atoms with Gasteiger partial charge in [0.1, 0.15) is 5.78 Å². The van der Waals surface area contributed by atoms with Crippen LogP contribution in [-0.2, 0) is 14.3 Å². The van der Waals surface area contributed by atoms with Gasteiger partial charge in [0.05, 0.1) is 29.8 Å². The second-order valence-corrected chi connectivity index (χ2v) is 14.8. The molecule has 7 rings (SSSR count). The zero-order valence-electron chi connectivity index (χ0n) is 22.6. The van der Waals surface area contributed by atoms with Gasteiger partial charge in [-0.25, -0.2) is 0 Å². The molecule has 5 saturated heterocycles. The molecule has 7 fully saturated rings. The van der Waals surface area contributed by atoms with Crippen LogP contribution in [0.4, 0.5) is 0 Å². The van der Waals surface area contributed by atoms with Gasteiger partial charge in [0.15, 0.2) is 5.79 Å². The molecule has 5 heterocycles. The molecule has 5 heteroatoms. The molecule has 0 aromatic carbocycles. The molecule has 9 unspecified atom stereocenters. The Labute approximate surface area is 211 Å². The number of piperidine rings is 2. The zero-order chi connectivity index (χ0) is 24.6. The lowest BCUT2D eigenvalue weighted by Crippen LogP contribution is -2.70. The molecule has 0 amide bonds. The Morgan fingerprint density at radius 2 is 1.91 bits per heavy atom. The van der Waals surface area contributed by atoms with Crippen molar-refractivity contribution in [1.82, 2.24) is 4.90 Å². The van der Waals surface area contributed by atoms with Gasteiger partial charge in [-0.2, -0.15) is 0 Å². The van der Waals surface area contributed by atoms with Gasteiger partial charge < -0.3 is 14.6 Å². The zero-order valence-corrected chi connectivity index (χ0v) is 22.6. The number of rotatable bonds is 5. The lowest BCUT2D eigenvalue weighted by molar-refractivity contribution is -0.282. The van der Waals surface area contributed by atoms with Crippen LogP contribution in [0.2, 0.25) is 0 Å². The summed E-state index contributed by atoms with van der Waals surface area (Å²) in [4.78, 5) is 16.9. The minimum absolute atomic E-state index is 0.00740. The molecule has 7 bridgehead atoms. The van der Waals surface area contributed by atoms with Gasteiger partial charge in [-0.15, -0.1) is 0 Å². The molecule has 12 atom stereocenters. The summed E-state index contributed by atoms with van der Waals surface area (Å²) in [7, 11) is 0. The summed E-state index contributed by atoms with van der Waals surface area (Å²) in [5.74, 6) is 2.26. The summed E-state index contributed by atoms with van der Waals surface area (Å²) in [6.07, 6.45) is 10.4. The van der Waals surface area contributed by atoms with Gasteiger partial charge in [-0.05, 0) is 93.3 Å². The lowest BCUT2D eigenvalue weighted by Gasteiger charge is -2.67. The van der Waals surface area contributed by atoms with Crippen molar-refractivity contribution in [3.63, 3.8) is 0 Å². The molecule has 5 nitrogen and oxygen atoms in total. The maximum Gasteiger partial charge on any atom is 0.166 e. The van der Waals surface area contributed by atoms with Gasteiger partial charge in [-0.1, -0.05) is 27.2 Å². The normalized spacial score (nSPS) is 59.8. The van der Waals surface area contributed by atoms with Crippen LogP contribution in [-0.4, -0.2) is 58.5 Å². The van der Waals surface area contributed by atoms with Gasteiger partial charge in [0.2, 0.25) is 0 Å². The van der Waals surface area contributed by atoms with Gasteiger partial charge in [0, 0.05) is 25.4 Å². The maximum absolute atomic E-state index is 14.1. The number of nitrogens with zero attached hydrogens (tertiary/aromatic N) is 1. The highest BCUT2D eigenvalue weighted by molar-refractivity contribution is 5.85. The number of hydrogen-bond donors (Lipinski definition) is 1. The van der Waals surface area contributed by atoms with Crippen molar-refractivity contribution >= 4 is 5.78 Å². The van der Waals surface area contributed by atoms with E-state index in [4.69, 9.17) is 9.47 Å². The van der Waals surface area contributed by atoms with Crippen molar-refractivity contribution in [3.05, 3.63) is 0 Å². The Morgan fingerprint density at radius 1 is 1.11 bits per heavy atom. The summed E-state index contributed by atoms with van der Waals surface area (Å²) in [6.45, 7) is 13.2. The van der Waals surface area contributed by atoms with Crippen molar-refractivity contribution in [3.8, 4) is 0 Å². The lowest BCUT2D eigenvalue weighted by atomic mass is 9.42. The average Bonchev–Trinajstić information content (AvgIpc) is 3.44. The molecular formula is C30H47NO4.